The second-order valence-corrected chi connectivity index (χ2v) is 7.86. The van der Waals surface area contributed by atoms with Gasteiger partial charge in [0.25, 0.3) is 5.91 Å². The van der Waals surface area contributed by atoms with E-state index < -0.39 is 0 Å². The Morgan fingerprint density at radius 3 is 2.46 bits per heavy atom. The zero-order valence-corrected chi connectivity index (χ0v) is 16.8. The van der Waals surface area contributed by atoms with Gasteiger partial charge in [0.15, 0.2) is 0 Å². The summed E-state index contributed by atoms with van der Waals surface area (Å²) in [6.45, 7) is 9.10. The van der Waals surface area contributed by atoms with E-state index in [9.17, 15) is 9.59 Å². The van der Waals surface area contributed by atoms with Crippen LogP contribution in [0.2, 0.25) is 0 Å². The van der Waals surface area contributed by atoms with Crippen molar-refractivity contribution in [3.05, 3.63) is 51.7 Å². The van der Waals surface area contributed by atoms with Gasteiger partial charge in [-0.3, -0.25) is 9.59 Å². The smallest absolute Gasteiger partial charge is 0.252 e. The molecule has 2 rings (SSSR count). The average molecular weight is 373 g/mol. The number of carbonyl (C=O) groups excluding carboxylic acids is 2. The molecule has 0 bridgehead atoms. The van der Waals surface area contributed by atoms with Gasteiger partial charge in [-0.1, -0.05) is 39.8 Å². The van der Waals surface area contributed by atoms with E-state index in [2.05, 4.69) is 50.5 Å². The summed E-state index contributed by atoms with van der Waals surface area (Å²) in [4.78, 5) is 24.1. The molecule has 4 nitrogen and oxygen atoms in total. The molecule has 1 heterocycles. The van der Waals surface area contributed by atoms with Crippen LogP contribution < -0.4 is 10.6 Å². The second kappa shape index (κ2) is 9.53. The van der Waals surface area contributed by atoms with Crippen molar-refractivity contribution in [2.45, 2.75) is 52.4 Å². The SMILES string of the molecule is CC(C)c1ccc(NC(=O)CCCNC(=O)c2ccsc2)c(C(C)C)c1. The molecule has 2 N–H and O–H groups in total. The standard InChI is InChI=1S/C21H28N2O2S/c1-14(2)16-7-8-19(18(12-16)15(3)4)23-20(24)6-5-10-22-21(25)17-9-11-26-13-17/h7-9,11-15H,5-6,10H2,1-4H3,(H,22,25)(H,23,24). The van der Waals surface area contributed by atoms with Crippen LogP contribution in [0, 0.1) is 0 Å². The third-order valence-corrected chi connectivity index (χ3v) is 4.97. The number of nitrogens with one attached hydrogen (secondary N) is 2. The molecular formula is C21H28N2O2S. The molecule has 0 saturated carbocycles. The summed E-state index contributed by atoms with van der Waals surface area (Å²) in [5, 5.41) is 9.56. The highest BCUT2D eigenvalue weighted by atomic mass is 32.1. The minimum absolute atomic E-state index is 0.0195. The number of carbonyl (C=O) groups is 2. The van der Waals surface area contributed by atoms with Crippen LogP contribution in [0.5, 0.6) is 0 Å². The first-order valence-electron chi connectivity index (χ1n) is 9.12. The third kappa shape index (κ3) is 5.70. The van der Waals surface area contributed by atoms with E-state index in [1.165, 1.54) is 16.9 Å². The van der Waals surface area contributed by atoms with E-state index in [-0.39, 0.29) is 11.8 Å². The molecule has 0 aliphatic carbocycles. The fraction of sp³-hybridized carbons (Fsp3) is 0.429. The van der Waals surface area contributed by atoms with Gasteiger partial charge in [0.2, 0.25) is 5.91 Å². The van der Waals surface area contributed by atoms with Crippen molar-refractivity contribution in [1.82, 2.24) is 5.32 Å². The van der Waals surface area contributed by atoms with Crippen LogP contribution in [-0.2, 0) is 4.79 Å². The van der Waals surface area contributed by atoms with Gasteiger partial charge >= 0.3 is 0 Å². The molecule has 2 amide bonds. The normalized spacial score (nSPS) is 11.0. The van der Waals surface area contributed by atoms with E-state index in [0.717, 1.165) is 11.3 Å². The number of thiophene rings is 1. The first-order valence-corrected chi connectivity index (χ1v) is 10.1. The largest absolute Gasteiger partial charge is 0.352 e. The summed E-state index contributed by atoms with van der Waals surface area (Å²) in [7, 11) is 0. The van der Waals surface area contributed by atoms with Crippen LogP contribution in [0.4, 0.5) is 5.69 Å². The van der Waals surface area contributed by atoms with Gasteiger partial charge in [-0.15, -0.1) is 0 Å². The van der Waals surface area contributed by atoms with Gasteiger partial charge in [-0.25, -0.2) is 0 Å². The molecule has 0 spiro atoms. The van der Waals surface area contributed by atoms with Crippen LogP contribution in [0.1, 0.15) is 73.9 Å². The van der Waals surface area contributed by atoms with Crippen molar-refractivity contribution < 1.29 is 9.59 Å². The first kappa shape index (κ1) is 20.2. The predicted molar refractivity (Wildman–Crippen MR) is 109 cm³/mol. The van der Waals surface area contributed by atoms with Crippen molar-refractivity contribution in [2.75, 3.05) is 11.9 Å². The number of hydrogen-bond donors (Lipinski definition) is 2. The molecule has 26 heavy (non-hydrogen) atoms. The van der Waals surface area contributed by atoms with Crippen molar-refractivity contribution in [3.63, 3.8) is 0 Å². The summed E-state index contributed by atoms with van der Waals surface area (Å²) < 4.78 is 0. The van der Waals surface area contributed by atoms with E-state index >= 15 is 0 Å². The van der Waals surface area contributed by atoms with Gasteiger partial charge in [0.05, 0.1) is 0 Å². The van der Waals surface area contributed by atoms with Crippen LogP contribution in [-0.4, -0.2) is 18.4 Å². The highest BCUT2D eigenvalue weighted by Crippen LogP contribution is 2.28. The van der Waals surface area contributed by atoms with Crippen molar-refractivity contribution >= 4 is 28.8 Å². The Morgan fingerprint density at radius 2 is 1.85 bits per heavy atom. The third-order valence-electron chi connectivity index (χ3n) is 4.29. The van der Waals surface area contributed by atoms with E-state index in [1.54, 1.807) is 6.07 Å². The maximum absolute atomic E-state index is 12.3. The fourth-order valence-electron chi connectivity index (χ4n) is 2.69. The zero-order chi connectivity index (χ0) is 19.1. The fourth-order valence-corrected chi connectivity index (χ4v) is 3.33. The maximum atomic E-state index is 12.3. The number of hydrogen-bond acceptors (Lipinski definition) is 3. The highest BCUT2D eigenvalue weighted by Gasteiger charge is 2.12. The number of benzene rings is 1. The molecule has 0 atom stereocenters. The summed E-state index contributed by atoms with van der Waals surface area (Å²) in [5.74, 6) is 0.699. The minimum Gasteiger partial charge on any atom is -0.352 e. The topological polar surface area (TPSA) is 58.2 Å². The Labute approximate surface area is 160 Å². The zero-order valence-electron chi connectivity index (χ0n) is 16.0. The quantitative estimate of drug-likeness (QED) is 0.630. The molecule has 1 aromatic heterocycles. The molecule has 0 fully saturated rings. The van der Waals surface area contributed by atoms with Crippen LogP contribution >= 0.6 is 11.3 Å². The van der Waals surface area contributed by atoms with Gasteiger partial charge in [-0.05, 0) is 46.9 Å². The van der Waals surface area contributed by atoms with Gasteiger partial charge < -0.3 is 10.6 Å². The molecular weight excluding hydrogens is 344 g/mol. The molecule has 140 valence electrons. The number of rotatable bonds is 8. The molecule has 0 unspecified atom stereocenters. The number of amides is 2. The lowest BCUT2D eigenvalue weighted by Crippen LogP contribution is -2.25. The Hall–Kier alpha value is -2.14. The predicted octanol–water partition coefficient (Wildman–Crippen LogP) is 5.14. The van der Waals surface area contributed by atoms with E-state index in [4.69, 9.17) is 0 Å². The Morgan fingerprint density at radius 1 is 1.08 bits per heavy atom. The molecule has 2 aromatic rings. The Bertz CT molecular complexity index is 736. The Balaban J connectivity index is 1.84. The van der Waals surface area contributed by atoms with Crippen LogP contribution in [0.15, 0.2) is 35.0 Å². The molecule has 5 heteroatoms. The lowest BCUT2D eigenvalue weighted by Gasteiger charge is -2.17. The first-order chi connectivity index (χ1) is 12.4. The molecule has 0 radical (unpaired) electrons. The second-order valence-electron chi connectivity index (χ2n) is 7.08. The summed E-state index contributed by atoms with van der Waals surface area (Å²) in [5.41, 5.74) is 4.00. The summed E-state index contributed by atoms with van der Waals surface area (Å²) in [6, 6.07) is 8.06. The highest BCUT2D eigenvalue weighted by molar-refractivity contribution is 7.08. The van der Waals surface area contributed by atoms with Gasteiger partial charge in [0, 0.05) is 29.6 Å². The molecule has 0 saturated heterocycles. The summed E-state index contributed by atoms with van der Waals surface area (Å²) in [6.07, 6.45) is 0.996. The van der Waals surface area contributed by atoms with E-state index in [1.807, 2.05) is 16.8 Å². The van der Waals surface area contributed by atoms with Gasteiger partial charge in [0.1, 0.15) is 0 Å². The number of anilines is 1. The monoisotopic (exact) mass is 372 g/mol. The van der Waals surface area contributed by atoms with Crippen molar-refractivity contribution in [3.8, 4) is 0 Å². The Kier molecular flexibility index (Phi) is 7.39. The minimum atomic E-state index is -0.0852. The van der Waals surface area contributed by atoms with Gasteiger partial charge in [-0.2, -0.15) is 11.3 Å². The molecule has 1 aromatic carbocycles. The molecule has 0 aliphatic rings. The van der Waals surface area contributed by atoms with Crippen LogP contribution in [0.25, 0.3) is 0 Å². The van der Waals surface area contributed by atoms with E-state index in [0.29, 0.717) is 36.8 Å². The van der Waals surface area contributed by atoms with Crippen molar-refractivity contribution in [1.29, 1.82) is 0 Å². The van der Waals surface area contributed by atoms with Crippen LogP contribution in [0.3, 0.4) is 0 Å². The maximum Gasteiger partial charge on any atom is 0.252 e. The average Bonchev–Trinajstić information content (AvgIpc) is 3.13. The molecule has 0 aliphatic heterocycles. The van der Waals surface area contributed by atoms with Crippen molar-refractivity contribution in [2.24, 2.45) is 0 Å². The lowest BCUT2D eigenvalue weighted by molar-refractivity contribution is -0.116. The lowest BCUT2D eigenvalue weighted by atomic mass is 9.94. The summed E-state index contributed by atoms with van der Waals surface area (Å²) >= 11 is 1.49.